The monoisotopic (exact) mass is 303 g/mol. The normalized spacial score (nSPS) is 15.4. The van der Waals surface area contributed by atoms with Crippen molar-refractivity contribution in [3.05, 3.63) is 35.7 Å². The minimum Gasteiger partial charge on any atom is -0.478 e. The fourth-order valence-electron chi connectivity index (χ4n) is 2.04. The fraction of sp³-hybridized carbons (Fsp3) is 0.357. The Bertz CT molecular complexity index is 565. The molecule has 1 saturated carbocycles. The van der Waals surface area contributed by atoms with Crippen LogP contribution in [0.1, 0.15) is 18.4 Å². The molecule has 7 heteroatoms. The number of halogens is 4. The van der Waals surface area contributed by atoms with Crippen molar-refractivity contribution in [1.29, 1.82) is 0 Å². The maximum absolute atomic E-state index is 13.5. The molecule has 0 unspecified atom stereocenters. The maximum Gasteiger partial charge on any atom is 0.405 e. The summed E-state index contributed by atoms with van der Waals surface area (Å²) in [6.45, 7) is -1.15. The molecule has 0 aliphatic heterocycles. The van der Waals surface area contributed by atoms with Gasteiger partial charge in [0, 0.05) is 17.8 Å². The van der Waals surface area contributed by atoms with E-state index in [0.717, 1.165) is 29.2 Å². The van der Waals surface area contributed by atoms with E-state index in [2.05, 4.69) is 0 Å². The van der Waals surface area contributed by atoms with E-state index in [1.165, 1.54) is 6.07 Å². The molecule has 1 N–H and O–H groups in total. The van der Waals surface area contributed by atoms with Gasteiger partial charge in [-0.3, -0.25) is 0 Å². The van der Waals surface area contributed by atoms with Gasteiger partial charge in [0.05, 0.1) is 0 Å². The summed E-state index contributed by atoms with van der Waals surface area (Å²) in [5, 5.41) is 8.53. The Morgan fingerprint density at radius 2 is 2.00 bits per heavy atom. The first-order chi connectivity index (χ1) is 9.74. The van der Waals surface area contributed by atoms with Crippen molar-refractivity contribution in [3.63, 3.8) is 0 Å². The maximum atomic E-state index is 13.5. The van der Waals surface area contributed by atoms with Gasteiger partial charge >= 0.3 is 12.1 Å². The molecule has 0 spiro atoms. The molecular weight excluding hydrogens is 290 g/mol. The molecule has 0 heterocycles. The minimum atomic E-state index is -4.38. The highest BCUT2D eigenvalue weighted by Crippen LogP contribution is 2.35. The van der Waals surface area contributed by atoms with Gasteiger partial charge in [-0.05, 0) is 42.7 Å². The summed E-state index contributed by atoms with van der Waals surface area (Å²) in [6, 6.07) is 3.21. The molecular formula is C14H13F4NO2. The summed E-state index contributed by atoms with van der Waals surface area (Å²) in [5.41, 5.74) is 0.320. The molecule has 3 nitrogen and oxygen atoms in total. The molecule has 1 aliphatic carbocycles. The van der Waals surface area contributed by atoms with Crippen LogP contribution in [0.15, 0.2) is 24.3 Å². The van der Waals surface area contributed by atoms with Gasteiger partial charge in [-0.1, -0.05) is 0 Å². The van der Waals surface area contributed by atoms with E-state index in [1.807, 2.05) is 0 Å². The molecule has 0 saturated heterocycles. The first-order valence-corrected chi connectivity index (χ1v) is 6.29. The zero-order valence-electron chi connectivity index (χ0n) is 10.9. The van der Waals surface area contributed by atoms with Gasteiger partial charge in [-0.25, -0.2) is 9.18 Å². The van der Waals surface area contributed by atoms with Crippen LogP contribution in [0.5, 0.6) is 0 Å². The number of aliphatic carboxylic acids is 1. The Hall–Kier alpha value is -2.05. The molecule has 0 aromatic heterocycles. The first kappa shape index (κ1) is 15.3. The van der Waals surface area contributed by atoms with Gasteiger partial charge in [0.25, 0.3) is 0 Å². The van der Waals surface area contributed by atoms with Gasteiger partial charge in [0.1, 0.15) is 12.4 Å². The van der Waals surface area contributed by atoms with Crippen molar-refractivity contribution in [3.8, 4) is 0 Å². The number of alkyl halides is 3. The molecule has 1 fully saturated rings. The number of nitrogens with zero attached hydrogens (tertiary/aromatic N) is 1. The lowest BCUT2D eigenvalue weighted by atomic mass is 10.1. The summed E-state index contributed by atoms with van der Waals surface area (Å²) < 4.78 is 51.4. The SMILES string of the molecule is O=C(O)/C=C/c1cc(F)cc(N(CC(F)(F)F)C2CC2)c1. The van der Waals surface area contributed by atoms with E-state index in [9.17, 15) is 22.4 Å². The highest BCUT2D eigenvalue weighted by atomic mass is 19.4. The summed E-state index contributed by atoms with van der Waals surface area (Å²) in [5.74, 6) is -1.92. The Morgan fingerprint density at radius 1 is 1.33 bits per heavy atom. The Labute approximate surface area is 118 Å². The van der Waals surface area contributed by atoms with E-state index in [0.29, 0.717) is 12.8 Å². The Morgan fingerprint density at radius 3 is 2.52 bits per heavy atom. The third-order valence-electron chi connectivity index (χ3n) is 2.99. The van der Waals surface area contributed by atoms with Crippen LogP contribution in [0.3, 0.4) is 0 Å². The van der Waals surface area contributed by atoms with Crippen molar-refractivity contribution >= 4 is 17.7 Å². The predicted octanol–water partition coefficient (Wildman–Crippen LogP) is 3.45. The average molecular weight is 303 g/mol. The van der Waals surface area contributed by atoms with Crippen molar-refractivity contribution in [2.45, 2.75) is 25.1 Å². The molecule has 0 bridgehead atoms. The fourth-order valence-corrected chi connectivity index (χ4v) is 2.04. The number of anilines is 1. The van der Waals surface area contributed by atoms with Crippen LogP contribution >= 0.6 is 0 Å². The molecule has 1 aliphatic rings. The lowest BCUT2D eigenvalue weighted by molar-refractivity contribution is -0.131. The quantitative estimate of drug-likeness (QED) is 0.669. The zero-order chi connectivity index (χ0) is 15.6. The smallest absolute Gasteiger partial charge is 0.405 e. The van der Waals surface area contributed by atoms with E-state index < -0.39 is 24.5 Å². The topological polar surface area (TPSA) is 40.5 Å². The van der Waals surface area contributed by atoms with Crippen LogP contribution in [0.4, 0.5) is 23.2 Å². The molecule has 114 valence electrons. The van der Waals surface area contributed by atoms with Crippen LogP contribution < -0.4 is 4.90 Å². The molecule has 0 atom stereocenters. The van der Waals surface area contributed by atoms with E-state index in [4.69, 9.17) is 5.11 Å². The van der Waals surface area contributed by atoms with Gasteiger partial charge < -0.3 is 10.0 Å². The number of rotatable bonds is 5. The molecule has 1 aromatic carbocycles. The van der Waals surface area contributed by atoms with Crippen LogP contribution in [-0.2, 0) is 4.79 Å². The summed E-state index contributed by atoms with van der Waals surface area (Å²) in [6.07, 6.45) is -1.16. The molecule has 2 rings (SSSR count). The number of hydrogen-bond acceptors (Lipinski definition) is 2. The third kappa shape index (κ3) is 4.77. The summed E-state index contributed by atoms with van der Waals surface area (Å²) >= 11 is 0. The molecule has 21 heavy (non-hydrogen) atoms. The average Bonchev–Trinajstić information content (AvgIpc) is 3.16. The summed E-state index contributed by atoms with van der Waals surface area (Å²) in [4.78, 5) is 11.6. The first-order valence-electron chi connectivity index (χ1n) is 6.29. The number of hydrogen-bond donors (Lipinski definition) is 1. The summed E-state index contributed by atoms with van der Waals surface area (Å²) in [7, 11) is 0. The molecule has 1 aromatic rings. The number of benzene rings is 1. The van der Waals surface area contributed by atoms with E-state index in [1.54, 1.807) is 0 Å². The Kier molecular flexibility index (Phi) is 4.20. The Balaban J connectivity index is 2.29. The zero-order valence-corrected chi connectivity index (χ0v) is 10.9. The van der Waals surface area contributed by atoms with Gasteiger partial charge in [0.15, 0.2) is 0 Å². The van der Waals surface area contributed by atoms with Crippen LogP contribution in [0.2, 0.25) is 0 Å². The van der Waals surface area contributed by atoms with Gasteiger partial charge in [0.2, 0.25) is 0 Å². The number of carboxylic acids is 1. The lowest BCUT2D eigenvalue weighted by Gasteiger charge is -2.26. The minimum absolute atomic E-state index is 0.111. The number of carbonyl (C=O) groups is 1. The highest BCUT2D eigenvalue weighted by molar-refractivity contribution is 5.85. The van der Waals surface area contributed by atoms with Crippen LogP contribution in [0, 0.1) is 5.82 Å². The van der Waals surface area contributed by atoms with Crippen molar-refractivity contribution < 1.29 is 27.5 Å². The second-order valence-electron chi connectivity index (χ2n) is 4.89. The van der Waals surface area contributed by atoms with Crippen LogP contribution in [0.25, 0.3) is 6.08 Å². The standard InChI is InChI=1S/C14H13F4NO2/c15-10-5-9(1-4-13(20)21)6-12(7-10)19(11-2-3-11)8-14(16,17)18/h1,4-7,11H,2-3,8H2,(H,20,21)/b4-1+. The highest BCUT2D eigenvalue weighted by Gasteiger charge is 2.38. The molecule has 0 amide bonds. The number of carboxylic acid groups (broad SMARTS) is 1. The lowest BCUT2D eigenvalue weighted by Crippen LogP contribution is -2.36. The van der Waals surface area contributed by atoms with E-state index in [-0.39, 0.29) is 17.3 Å². The predicted molar refractivity (Wildman–Crippen MR) is 69.5 cm³/mol. The third-order valence-corrected chi connectivity index (χ3v) is 2.99. The second-order valence-corrected chi connectivity index (χ2v) is 4.89. The van der Waals surface area contributed by atoms with E-state index >= 15 is 0 Å². The van der Waals surface area contributed by atoms with Crippen molar-refractivity contribution in [2.75, 3.05) is 11.4 Å². The van der Waals surface area contributed by atoms with Gasteiger partial charge in [-0.15, -0.1) is 0 Å². The van der Waals surface area contributed by atoms with Crippen molar-refractivity contribution in [2.24, 2.45) is 0 Å². The van der Waals surface area contributed by atoms with Gasteiger partial charge in [-0.2, -0.15) is 13.2 Å². The van der Waals surface area contributed by atoms with Crippen LogP contribution in [-0.4, -0.2) is 29.8 Å². The largest absolute Gasteiger partial charge is 0.478 e. The molecule has 0 radical (unpaired) electrons. The second kappa shape index (κ2) is 5.75. The van der Waals surface area contributed by atoms with Crippen molar-refractivity contribution in [1.82, 2.24) is 0 Å².